The fourth-order valence-corrected chi connectivity index (χ4v) is 2.48. The fraction of sp³-hybridized carbons (Fsp3) is 0.700. The van der Waals surface area contributed by atoms with Crippen molar-refractivity contribution in [2.75, 3.05) is 25.6 Å². The standard InChI is InChI=1S/C7H16N2S.C3H4O/c1-9-5-3-4-7(9)6-10(2)8;1-2-3-4/h7-8H,3-6H2,1-2H3;2-3H,1H2. The lowest BCUT2D eigenvalue weighted by atomic mass is 10.2. The van der Waals surface area contributed by atoms with E-state index in [0.29, 0.717) is 12.3 Å². The van der Waals surface area contributed by atoms with E-state index in [1.807, 2.05) is 6.26 Å². The highest BCUT2D eigenvalue weighted by molar-refractivity contribution is 7.85. The normalized spacial score (nSPS) is 23.4. The predicted molar refractivity (Wildman–Crippen MR) is 62.8 cm³/mol. The molecule has 0 aliphatic carbocycles. The van der Waals surface area contributed by atoms with Crippen LogP contribution in [0.1, 0.15) is 12.8 Å². The Bertz CT molecular complexity index is 200. The fourth-order valence-electron chi connectivity index (χ4n) is 1.48. The van der Waals surface area contributed by atoms with Crippen LogP contribution in [0.15, 0.2) is 12.7 Å². The molecule has 82 valence electrons. The number of carbonyl (C=O) groups excluding carboxylic acids is 1. The topological polar surface area (TPSA) is 44.2 Å². The first kappa shape index (κ1) is 13.5. The Morgan fingerprint density at radius 3 is 2.57 bits per heavy atom. The molecule has 1 rings (SSSR count). The van der Waals surface area contributed by atoms with E-state index in [-0.39, 0.29) is 10.7 Å². The second-order valence-electron chi connectivity index (χ2n) is 3.45. The predicted octanol–water partition coefficient (Wildman–Crippen LogP) is 1.46. The molecule has 2 atom stereocenters. The summed E-state index contributed by atoms with van der Waals surface area (Å²) in [5, 5.41) is 0. The third kappa shape index (κ3) is 6.05. The van der Waals surface area contributed by atoms with Gasteiger partial charge in [0.2, 0.25) is 0 Å². The van der Waals surface area contributed by atoms with Crippen LogP contribution >= 0.6 is 0 Å². The van der Waals surface area contributed by atoms with Crippen LogP contribution in [0.25, 0.3) is 0 Å². The highest BCUT2D eigenvalue weighted by Crippen LogP contribution is 2.14. The number of carbonyl (C=O) groups is 1. The van der Waals surface area contributed by atoms with Gasteiger partial charge in [0.25, 0.3) is 0 Å². The molecule has 0 spiro atoms. The summed E-state index contributed by atoms with van der Waals surface area (Å²) in [6.45, 7) is 4.35. The lowest BCUT2D eigenvalue weighted by Gasteiger charge is -2.18. The smallest absolute Gasteiger partial charge is 0.142 e. The molecule has 4 heteroatoms. The number of hydrogen-bond donors (Lipinski definition) is 1. The van der Waals surface area contributed by atoms with Gasteiger partial charge in [-0.3, -0.25) is 9.57 Å². The molecular formula is C10H20N2OS. The second kappa shape index (κ2) is 7.88. The number of nitrogens with one attached hydrogen (secondary N) is 1. The van der Waals surface area contributed by atoms with E-state index < -0.39 is 0 Å². The van der Waals surface area contributed by atoms with Gasteiger partial charge in [0.15, 0.2) is 0 Å². The number of rotatable bonds is 3. The van der Waals surface area contributed by atoms with Crippen LogP contribution in [0.5, 0.6) is 0 Å². The molecule has 0 amide bonds. The summed E-state index contributed by atoms with van der Waals surface area (Å²) < 4.78 is 7.43. The van der Waals surface area contributed by atoms with Gasteiger partial charge in [0.1, 0.15) is 6.29 Å². The molecule has 0 aromatic rings. The van der Waals surface area contributed by atoms with Gasteiger partial charge in [-0.1, -0.05) is 6.58 Å². The first-order valence-electron chi connectivity index (χ1n) is 4.72. The van der Waals surface area contributed by atoms with Gasteiger partial charge in [0, 0.05) is 11.8 Å². The average Bonchev–Trinajstić information content (AvgIpc) is 2.52. The lowest BCUT2D eigenvalue weighted by molar-refractivity contribution is -0.104. The maximum Gasteiger partial charge on any atom is 0.142 e. The van der Waals surface area contributed by atoms with Crippen LogP contribution in [0, 0.1) is 4.78 Å². The molecular weight excluding hydrogens is 196 g/mol. The Labute approximate surface area is 89.1 Å². The van der Waals surface area contributed by atoms with E-state index in [0.717, 1.165) is 5.75 Å². The van der Waals surface area contributed by atoms with E-state index in [9.17, 15) is 0 Å². The summed E-state index contributed by atoms with van der Waals surface area (Å²) in [5.74, 6) is 1.08. The van der Waals surface area contributed by atoms with Crippen LogP contribution in [-0.4, -0.2) is 42.8 Å². The molecule has 3 nitrogen and oxygen atoms in total. The summed E-state index contributed by atoms with van der Waals surface area (Å²) in [5.41, 5.74) is 0. The van der Waals surface area contributed by atoms with Crippen molar-refractivity contribution in [1.29, 1.82) is 4.78 Å². The Morgan fingerprint density at radius 2 is 2.29 bits per heavy atom. The monoisotopic (exact) mass is 216 g/mol. The van der Waals surface area contributed by atoms with Crippen LogP contribution in [-0.2, 0) is 15.5 Å². The third-order valence-electron chi connectivity index (χ3n) is 2.21. The van der Waals surface area contributed by atoms with Crippen molar-refractivity contribution in [2.24, 2.45) is 0 Å². The quantitative estimate of drug-likeness (QED) is 0.573. The van der Waals surface area contributed by atoms with Gasteiger partial charge < -0.3 is 4.90 Å². The minimum absolute atomic E-state index is 0.118. The molecule has 0 aromatic heterocycles. The molecule has 0 bridgehead atoms. The van der Waals surface area contributed by atoms with Crippen molar-refractivity contribution < 1.29 is 4.79 Å². The molecule has 0 radical (unpaired) electrons. The summed E-state index contributed by atoms with van der Waals surface area (Å²) in [4.78, 5) is 11.4. The van der Waals surface area contributed by atoms with E-state index in [1.54, 1.807) is 0 Å². The van der Waals surface area contributed by atoms with Crippen LogP contribution < -0.4 is 0 Å². The zero-order chi connectivity index (χ0) is 11.0. The summed E-state index contributed by atoms with van der Waals surface area (Å²) in [7, 11) is 2.05. The van der Waals surface area contributed by atoms with Crippen LogP contribution in [0.4, 0.5) is 0 Å². The first-order valence-corrected chi connectivity index (χ1v) is 6.52. The highest BCUT2D eigenvalue weighted by atomic mass is 32.2. The first-order chi connectivity index (χ1) is 6.61. The maximum absolute atomic E-state index is 9.06. The summed E-state index contributed by atoms with van der Waals surface area (Å²) in [6, 6.07) is 0.714. The summed E-state index contributed by atoms with van der Waals surface area (Å²) in [6.07, 6.45) is 6.48. The number of aldehydes is 1. The van der Waals surface area contributed by atoms with Crippen molar-refractivity contribution in [3.63, 3.8) is 0 Å². The van der Waals surface area contributed by atoms with Crippen molar-refractivity contribution in [2.45, 2.75) is 18.9 Å². The number of likely N-dealkylation sites (tertiary alicyclic amines) is 1. The van der Waals surface area contributed by atoms with Crippen LogP contribution in [0.2, 0.25) is 0 Å². The number of nitrogens with zero attached hydrogens (tertiary/aromatic N) is 1. The second-order valence-corrected chi connectivity index (χ2v) is 5.06. The molecule has 2 unspecified atom stereocenters. The molecule has 1 saturated heterocycles. The molecule has 0 aromatic carbocycles. The van der Waals surface area contributed by atoms with E-state index in [1.165, 1.54) is 25.5 Å². The van der Waals surface area contributed by atoms with Gasteiger partial charge in [-0.05, 0) is 38.8 Å². The van der Waals surface area contributed by atoms with E-state index >= 15 is 0 Å². The highest BCUT2D eigenvalue weighted by Gasteiger charge is 2.20. The van der Waals surface area contributed by atoms with Gasteiger partial charge in [-0.15, -0.1) is 10.7 Å². The van der Waals surface area contributed by atoms with Gasteiger partial charge >= 0.3 is 0 Å². The molecule has 1 heterocycles. The minimum atomic E-state index is -0.118. The summed E-state index contributed by atoms with van der Waals surface area (Å²) >= 11 is 0. The molecule has 1 N–H and O–H groups in total. The van der Waals surface area contributed by atoms with Crippen molar-refractivity contribution in [3.05, 3.63) is 12.7 Å². The Balaban J connectivity index is 0.000000364. The maximum atomic E-state index is 9.06. The largest absolute Gasteiger partial charge is 0.303 e. The third-order valence-corrected chi connectivity index (χ3v) is 3.09. The van der Waals surface area contributed by atoms with Gasteiger partial charge in [0.05, 0.1) is 0 Å². The number of hydrogen-bond acceptors (Lipinski definition) is 3. The Morgan fingerprint density at radius 1 is 1.71 bits per heavy atom. The van der Waals surface area contributed by atoms with E-state index in [4.69, 9.17) is 9.57 Å². The number of allylic oxidation sites excluding steroid dienone is 1. The zero-order valence-corrected chi connectivity index (χ0v) is 9.85. The van der Waals surface area contributed by atoms with Crippen molar-refractivity contribution in [3.8, 4) is 0 Å². The lowest BCUT2D eigenvalue weighted by Crippen LogP contribution is -2.29. The van der Waals surface area contributed by atoms with Crippen LogP contribution in [0.3, 0.4) is 0 Å². The van der Waals surface area contributed by atoms with Crippen molar-refractivity contribution in [1.82, 2.24) is 4.90 Å². The minimum Gasteiger partial charge on any atom is -0.303 e. The van der Waals surface area contributed by atoms with E-state index in [2.05, 4.69) is 18.5 Å². The molecule has 1 aliphatic rings. The Kier molecular flexibility index (Phi) is 7.61. The van der Waals surface area contributed by atoms with Gasteiger partial charge in [-0.2, -0.15) is 0 Å². The molecule has 0 saturated carbocycles. The zero-order valence-electron chi connectivity index (χ0n) is 9.03. The Hall–Kier alpha value is -0.480. The van der Waals surface area contributed by atoms with Gasteiger partial charge in [-0.25, -0.2) is 0 Å². The van der Waals surface area contributed by atoms with Crippen molar-refractivity contribution >= 4 is 17.0 Å². The molecule has 1 aliphatic heterocycles. The SMILES string of the molecule is C=CC=O.CN1CCCC1CS(C)=N. The molecule has 1 fully saturated rings. The average molecular weight is 216 g/mol. The molecule has 14 heavy (non-hydrogen) atoms.